The second-order valence-electron chi connectivity index (χ2n) is 5.52. The zero-order chi connectivity index (χ0) is 17.0. The van der Waals surface area contributed by atoms with Crippen LogP contribution in [0.15, 0.2) is 30.3 Å². The molecule has 0 aliphatic rings. The number of halogens is 1. The molecule has 0 atom stereocenters. The van der Waals surface area contributed by atoms with Crippen molar-refractivity contribution < 1.29 is 9.53 Å². The van der Waals surface area contributed by atoms with Crippen LogP contribution in [0.4, 0.5) is 11.4 Å². The van der Waals surface area contributed by atoms with Gasteiger partial charge in [0, 0.05) is 16.8 Å². The lowest BCUT2D eigenvalue weighted by Gasteiger charge is -2.14. The van der Waals surface area contributed by atoms with Crippen LogP contribution in [0.25, 0.3) is 0 Å². The van der Waals surface area contributed by atoms with Crippen molar-refractivity contribution in [2.75, 3.05) is 24.3 Å². The van der Waals surface area contributed by atoms with Gasteiger partial charge in [-0.1, -0.05) is 23.7 Å². The van der Waals surface area contributed by atoms with E-state index < -0.39 is 0 Å². The van der Waals surface area contributed by atoms with Gasteiger partial charge in [0.1, 0.15) is 5.75 Å². The molecule has 0 radical (unpaired) electrons. The van der Waals surface area contributed by atoms with E-state index in [1.165, 1.54) is 0 Å². The molecule has 2 rings (SSSR count). The molecule has 0 bridgehead atoms. The van der Waals surface area contributed by atoms with Crippen LogP contribution >= 0.6 is 11.6 Å². The lowest BCUT2D eigenvalue weighted by Crippen LogP contribution is -2.22. The Kier molecular flexibility index (Phi) is 5.50. The first-order valence-electron chi connectivity index (χ1n) is 7.36. The molecule has 5 heteroatoms. The predicted octanol–water partition coefficient (Wildman–Crippen LogP) is 4.32. The lowest BCUT2D eigenvalue weighted by atomic mass is 10.1. The van der Waals surface area contributed by atoms with Gasteiger partial charge in [0.15, 0.2) is 0 Å². The van der Waals surface area contributed by atoms with Crippen molar-refractivity contribution in [2.24, 2.45) is 0 Å². The maximum atomic E-state index is 12.2. The normalized spacial score (nSPS) is 10.3. The van der Waals surface area contributed by atoms with E-state index >= 15 is 0 Å². The van der Waals surface area contributed by atoms with Gasteiger partial charge >= 0.3 is 0 Å². The van der Waals surface area contributed by atoms with Crippen molar-refractivity contribution in [1.82, 2.24) is 0 Å². The highest BCUT2D eigenvalue weighted by Crippen LogP contribution is 2.30. The minimum atomic E-state index is -0.117. The fraction of sp³-hybridized carbons (Fsp3) is 0.278. The Balaban J connectivity index is 2.05. The predicted molar refractivity (Wildman–Crippen MR) is 95.8 cm³/mol. The molecule has 1 amide bonds. The Labute approximate surface area is 141 Å². The summed E-state index contributed by atoms with van der Waals surface area (Å²) in [5.74, 6) is 0.494. The quantitative estimate of drug-likeness (QED) is 0.857. The fourth-order valence-corrected chi connectivity index (χ4v) is 2.36. The molecule has 0 aliphatic carbocycles. The van der Waals surface area contributed by atoms with Crippen molar-refractivity contribution in [3.05, 3.63) is 52.0 Å². The summed E-state index contributed by atoms with van der Waals surface area (Å²) < 4.78 is 5.29. The van der Waals surface area contributed by atoms with Crippen molar-refractivity contribution >= 4 is 28.9 Å². The molecule has 0 saturated heterocycles. The van der Waals surface area contributed by atoms with Gasteiger partial charge in [0.25, 0.3) is 0 Å². The van der Waals surface area contributed by atoms with Gasteiger partial charge in [-0.15, -0.1) is 0 Å². The van der Waals surface area contributed by atoms with Crippen molar-refractivity contribution in [3.63, 3.8) is 0 Å². The number of hydrogen-bond donors (Lipinski definition) is 2. The first kappa shape index (κ1) is 17.2. The monoisotopic (exact) mass is 332 g/mol. The number of amides is 1. The molecule has 4 nitrogen and oxygen atoms in total. The molecule has 0 saturated carbocycles. The van der Waals surface area contributed by atoms with E-state index in [2.05, 4.69) is 10.6 Å². The summed E-state index contributed by atoms with van der Waals surface area (Å²) in [6.45, 7) is 6.01. The van der Waals surface area contributed by atoms with Crippen LogP contribution < -0.4 is 15.4 Å². The molecule has 2 aromatic rings. The molecule has 0 aliphatic heterocycles. The largest absolute Gasteiger partial charge is 0.495 e. The first-order chi connectivity index (χ1) is 10.9. The van der Waals surface area contributed by atoms with Crippen LogP contribution in [0.5, 0.6) is 5.75 Å². The third-order valence-electron chi connectivity index (χ3n) is 3.59. The van der Waals surface area contributed by atoms with Gasteiger partial charge in [-0.25, -0.2) is 0 Å². The number of rotatable bonds is 5. The van der Waals surface area contributed by atoms with E-state index in [0.717, 1.165) is 28.1 Å². The molecule has 23 heavy (non-hydrogen) atoms. The molecular formula is C18H21ClN2O2. The van der Waals surface area contributed by atoms with Crippen LogP contribution in [0.1, 0.15) is 16.7 Å². The summed E-state index contributed by atoms with van der Waals surface area (Å²) in [6.07, 6.45) is 0. The molecule has 0 fully saturated rings. The number of aryl methyl sites for hydroxylation is 3. The number of benzene rings is 2. The maximum absolute atomic E-state index is 12.2. The van der Waals surface area contributed by atoms with Gasteiger partial charge in [0.2, 0.25) is 5.91 Å². The minimum Gasteiger partial charge on any atom is -0.495 e. The zero-order valence-corrected chi connectivity index (χ0v) is 14.5. The summed E-state index contributed by atoms with van der Waals surface area (Å²) in [5.41, 5.74) is 4.63. The van der Waals surface area contributed by atoms with Crippen LogP contribution in [-0.4, -0.2) is 19.6 Å². The van der Waals surface area contributed by atoms with E-state index in [-0.39, 0.29) is 12.5 Å². The van der Waals surface area contributed by atoms with Gasteiger partial charge in [-0.3, -0.25) is 4.79 Å². The van der Waals surface area contributed by atoms with Crippen LogP contribution in [-0.2, 0) is 4.79 Å². The fourth-order valence-electron chi connectivity index (χ4n) is 2.21. The number of carbonyl (C=O) groups is 1. The van der Waals surface area contributed by atoms with Crippen molar-refractivity contribution in [1.29, 1.82) is 0 Å². The Morgan fingerprint density at radius 2 is 1.83 bits per heavy atom. The van der Waals surface area contributed by atoms with Gasteiger partial charge in [0.05, 0.1) is 19.3 Å². The van der Waals surface area contributed by atoms with Crippen molar-refractivity contribution in [3.8, 4) is 5.75 Å². The van der Waals surface area contributed by atoms with Crippen LogP contribution in [0.2, 0.25) is 5.02 Å². The number of ether oxygens (including phenoxy) is 1. The first-order valence-corrected chi connectivity index (χ1v) is 7.73. The molecule has 0 heterocycles. The Morgan fingerprint density at radius 3 is 2.52 bits per heavy atom. The molecule has 0 spiro atoms. The zero-order valence-electron chi connectivity index (χ0n) is 13.8. The number of carbonyl (C=O) groups excluding carboxylic acids is 1. The standard InChI is InChI=1S/C18H21ClN2O2/c1-11-5-6-12(2)15(7-11)21-18(22)10-20-16-8-13(3)14(19)9-17(16)23-4/h5-9,20H,10H2,1-4H3,(H,21,22). The highest BCUT2D eigenvalue weighted by molar-refractivity contribution is 6.31. The van der Waals surface area contributed by atoms with E-state index in [1.54, 1.807) is 13.2 Å². The molecule has 0 aromatic heterocycles. The third kappa shape index (κ3) is 4.39. The van der Waals surface area contributed by atoms with E-state index in [1.807, 2.05) is 45.0 Å². The molecule has 0 unspecified atom stereocenters. The van der Waals surface area contributed by atoms with E-state index in [9.17, 15) is 4.79 Å². The summed E-state index contributed by atoms with van der Waals surface area (Å²) in [6, 6.07) is 9.57. The van der Waals surface area contributed by atoms with Gasteiger partial charge in [-0.2, -0.15) is 0 Å². The molecular weight excluding hydrogens is 312 g/mol. The SMILES string of the molecule is COc1cc(Cl)c(C)cc1NCC(=O)Nc1cc(C)ccc1C. The van der Waals surface area contributed by atoms with Crippen LogP contribution in [0, 0.1) is 20.8 Å². The molecule has 2 N–H and O–H groups in total. The summed E-state index contributed by atoms with van der Waals surface area (Å²) in [4.78, 5) is 12.2. The Bertz CT molecular complexity index is 729. The van der Waals surface area contributed by atoms with Gasteiger partial charge < -0.3 is 15.4 Å². The Morgan fingerprint density at radius 1 is 1.09 bits per heavy atom. The van der Waals surface area contributed by atoms with Gasteiger partial charge in [-0.05, 0) is 49.6 Å². The second kappa shape index (κ2) is 7.38. The topological polar surface area (TPSA) is 50.4 Å². The van der Waals surface area contributed by atoms with Crippen molar-refractivity contribution in [2.45, 2.75) is 20.8 Å². The summed E-state index contributed by atoms with van der Waals surface area (Å²) in [7, 11) is 1.57. The molecule has 2 aromatic carbocycles. The maximum Gasteiger partial charge on any atom is 0.243 e. The average Bonchev–Trinajstić information content (AvgIpc) is 2.51. The number of methoxy groups -OCH3 is 1. The number of nitrogens with one attached hydrogen (secondary N) is 2. The average molecular weight is 333 g/mol. The highest BCUT2D eigenvalue weighted by atomic mass is 35.5. The summed E-state index contributed by atoms with van der Waals surface area (Å²) in [5, 5.41) is 6.64. The third-order valence-corrected chi connectivity index (χ3v) is 3.99. The number of anilines is 2. The lowest BCUT2D eigenvalue weighted by molar-refractivity contribution is -0.114. The smallest absolute Gasteiger partial charge is 0.243 e. The molecule has 122 valence electrons. The second-order valence-corrected chi connectivity index (χ2v) is 5.93. The van der Waals surface area contributed by atoms with Crippen LogP contribution in [0.3, 0.4) is 0 Å². The van der Waals surface area contributed by atoms with E-state index in [4.69, 9.17) is 16.3 Å². The highest BCUT2D eigenvalue weighted by Gasteiger charge is 2.09. The Hall–Kier alpha value is -2.20. The van der Waals surface area contributed by atoms with E-state index in [0.29, 0.717) is 10.8 Å². The summed E-state index contributed by atoms with van der Waals surface area (Å²) >= 11 is 6.08. The number of hydrogen-bond acceptors (Lipinski definition) is 3. The minimum absolute atomic E-state index is 0.117.